The number of anilines is 9. The number of hydrogen-bond acceptors (Lipinski definition) is 19. The van der Waals surface area contributed by atoms with Crippen molar-refractivity contribution in [2.45, 2.75) is 36.3 Å². The lowest BCUT2D eigenvalue weighted by atomic mass is 10.1. The largest absolute Gasteiger partial charge is 0.399 e. The zero-order valence-electron chi connectivity index (χ0n) is 35.6. The van der Waals surface area contributed by atoms with E-state index in [0.717, 1.165) is 73.8 Å². The number of fused-ring (bicyclic) bond motifs is 2. The highest BCUT2D eigenvalue weighted by atomic mass is 35.5. The van der Waals surface area contributed by atoms with E-state index in [9.17, 15) is 14.4 Å². The molecule has 2 aromatic heterocycles. The zero-order valence-corrected chi connectivity index (χ0v) is 42.3. The van der Waals surface area contributed by atoms with Crippen molar-refractivity contribution < 1.29 is 13.7 Å². The number of pyridine rings is 1. The van der Waals surface area contributed by atoms with Gasteiger partial charge in [-0.25, -0.2) is 4.98 Å². The maximum Gasteiger partial charge on any atom is 0.156 e. The molecule has 348 valence electrons. The number of halogens is 1. The summed E-state index contributed by atoms with van der Waals surface area (Å²) in [5, 5.41) is 20.9. The van der Waals surface area contributed by atoms with E-state index < -0.39 is 0 Å². The van der Waals surface area contributed by atoms with Gasteiger partial charge in [0, 0.05) is 121 Å². The molecular weight excluding hydrogens is 1010 g/mol. The van der Waals surface area contributed by atoms with Crippen molar-refractivity contribution in [2.75, 3.05) is 39.3 Å². The van der Waals surface area contributed by atoms with Gasteiger partial charge in [0.1, 0.15) is 11.1 Å². The van der Waals surface area contributed by atoms with Gasteiger partial charge in [-0.3, -0.25) is 0 Å². The van der Waals surface area contributed by atoms with E-state index in [1.807, 2.05) is 97.1 Å². The lowest BCUT2D eigenvalue weighted by molar-refractivity contribution is 0.663. The van der Waals surface area contributed by atoms with Crippen LogP contribution in [0.5, 0.6) is 0 Å². The first-order valence-corrected chi connectivity index (χ1v) is 24.6. The lowest BCUT2D eigenvalue weighted by Crippen LogP contribution is -2.07. The molecule has 0 spiro atoms. The van der Waals surface area contributed by atoms with Crippen molar-refractivity contribution in [3.05, 3.63) is 144 Å². The summed E-state index contributed by atoms with van der Waals surface area (Å²) in [7, 11) is 0. The summed E-state index contributed by atoms with van der Waals surface area (Å²) >= 11 is 22.0. The van der Waals surface area contributed by atoms with E-state index in [0.29, 0.717) is 91.4 Å². The van der Waals surface area contributed by atoms with Crippen LogP contribution >= 0.6 is 97.1 Å². The van der Waals surface area contributed by atoms with Crippen molar-refractivity contribution in [3.63, 3.8) is 0 Å². The van der Waals surface area contributed by atoms with E-state index >= 15 is 0 Å². The molecule has 0 bridgehead atoms. The van der Waals surface area contributed by atoms with E-state index in [2.05, 4.69) is 63.9 Å². The Hall–Kier alpha value is -5.67. The van der Waals surface area contributed by atoms with Crippen molar-refractivity contribution in [3.8, 4) is 17.3 Å². The van der Waals surface area contributed by atoms with Crippen LogP contribution in [0.2, 0.25) is 5.02 Å². The molecule has 0 amide bonds. The second-order valence-corrected chi connectivity index (χ2v) is 19.1. The molecule has 21 heteroatoms. The highest BCUT2D eigenvalue weighted by Crippen LogP contribution is 2.37. The Kier molecular flexibility index (Phi) is 18.3. The van der Waals surface area contributed by atoms with Gasteiger partial charge in [0.05, 0.1) is 16.9 Å². The molecule has 9 rings (SSSR count). The number of hydrogen-bond donors (Lipinski definition) is 14. The number of aromatic amines is 1. The van der Waals surface area contributed by atoms with Crippen molar-refractivity contribution >= 4 is 169 Å². The average Bonchev–Trinajstić information content (AvgIpc) is 3.33. The van der Waals surface area contributed by atoms with Gasteiger partial charge in [0.2, 0.25) is 0 Å². The highest BCUT2D eigenvalue weighted by molar-refractivity contribution is 7.94. The molecule has 0 unspecified atom stereocenters. The monoisotopic (exact) mass is 1050 g/mol. The third-order valence-electron chi connectivity index (χ3n) is 9.87. The quantitative estimate of drug-likeness (QED) is 0.0383. The summed E-state index contributed by atoms with van der Waals surface area (Å²) in [5.74, 6) is 0.932. The second kappa shape index (κ2) is 24.1. The van der Waals surface area contributed by atoms with Gasteiger partial charge >= 0.3 is 0 Å². The standard InChI is InChI=1S/C19H17N5S2.C10H10N2OS.C10H9NO2S3.C8H7ClN2S/c1-11-16(10-20)18(22-12-2-6-14(25)7-3-12)24-19(17(11)21)23-13-4-8-15(26)9-5-13;11-9-3-4-10(12)8-5-6(14-13)1-2-7(8)9;11-5-1-7-8(9(2-5)15-12)3-6(14)4-10(7)16-13;9-6-3-1-5(2-4-6)7-8(10)12-11-7/h2-9,25-26H,21H2,1H3,(H2,22,23,24);1-5,13H,11-12H2;1-4,12-14H,11H2;1-4,11H,10H2. The molecule has 0 aliphatic carbocycles. The highest BCUT2D eigenvalue weighted by Gasteiger charge is 2.16. The van der Waals surface area contributed by atoms with Gasteiger partial charge < -0.3 is 57.3 Å². The summed E-state index contributed by atoms with van der Waals surface area (Å²) in [6, 6.07) is 40.8. The van der Waals surface area contributed by atoms with E-state index in [1.54, 1.807) is 37.3 Å². The van der Waals surface area contributed by atoms with Crippen LogP contribution in [0.4, 0.5) is 50.8 Å². The van der Waals surface area contributed by atoms with Crippen molar-refractivity contribution in [2.24, 2.45) is 0 Å². The molecular formula is C47H43ClN10O3S7. The minimum absolute atomic E-state index is 0.411. The number of H-pyrrole nitrogens is 1. The number of nitrogens with one attached hydrogen (secondary N) is 3. The minimum Gasteiger partial charge on any atom is -0.399 e. The van der Waals surface area contributed by atoms with Gasteiger partial charge in [-0.2, -0.15) is 5.26 Å². The van der Waals surface area contributed by atoms with Crippen LogP contribution in [0.1, 0.15) is 11.1 Å². The number of nitrogens with zero attached hydrogens (tertiary/aromatic N) is 2. The molecule has 13 nitrogen and oxygen atoms in total. The van der Waals surface area contributed by atoms with Gasteiger partial charge in [0.25, 0.3) is 0 Å². The fourth-order valence-corrected chi connectivity index (χ4v) is 8.89. The summed E-state index contributed by atoms with van der Waals surface area (Å²) in [5.41, 5.74) is 36.3. The van der Waals surface area contributed by atoms with Gasteiger partial charge in [-0.05, 0) is 139 Å². The number of nitriles is 1. The molecule has 16 N–H and O–H groups in total. The van der Waals surface area contributed by atoms with E-state index in [4.69, 9.17) is 44.8 Å². The first kappa shape index (κ1) is 51.7. The van der Waals surface area contributed by atoms with Crippen LogP contribution in [-0.2, 0) is 0 Å². The summed E-state index contributed by atoms with van der Waals surface area (Å²) < 4.78 is 30.3. The Morgan fingerprint density at radius 2 is 1.19 bits per heavy atom. The molecule has 0 aliphatic rings. The topological polar surface area (TPSA) is 267 Å². The number of nitrogen functional groups attached to an aromatic ring is 5. The lowest BCUT2D eigenvalue weighted by Gasteiger charge is -2.16. The zero-order chi connectivity index (χ0) is 49.1. The molecule has 9 aromatic rings. The number of aromatic nitrogens is 2. The fourth-order valence-electron chi connectivity index (χ4n) is 6.37. The second-order valence-electron chi connectivity index (χ2n) is 14.4. The Morgan fingerprint density at radius 1 is 0.632 bits per heavy atom. The number of thiol groups is 3. The fraction of sp³-hybridized carbons (Fsp3) is 0.0213. The molecule has 2 heterocycles. The number of nitrogens with two attached hydrogens (primary N) is 5. The number of benzene rings is 7. The van der Waals surface area contributed by atoms with Crippen LogP contribution in [0.15, 0.2) is 157 Å². The SMILES string of the molecule is Cc1c(N)c(Nc2ccc(S)cc2)nc(Nc2ccc(S)cc2)c1C#N.Nc1cc(SO)c2cc(S)cc(SO)c2c1.Nc1ccc(N)c2cc(SO)ccc12.Nc1s[nH]c1-c1ccc(Cl)cc1. The van der Waals surface area contributed by atoms with Crippen molar-refractivity contribution in [1.82, 2.24) is 9.36 Å². The Morgan fingerprint density at radius 3 is 1.72 bits per heavy atom. The molecule has 68 heavy (non-hydrogen) atoms. The Bertz CT molecular complexity index is 3170. The minimum atomic E-state index is 0.411. The Labute approximate surface area is 430 Å². The van der Waals surface area contributed by atoms with Gasteiger partial charge in [-0.1, -0.05) is 29.8 Å². The maximum atomic E-state index is 9.53. The molecule has 0 atom stereocenters. The molecule has 0 radical (unpaired) electrons. The summed E-state index contributed by atoms with van der Waals surface area (Å²) in [6.07, 6.45) is 0. The first-order valence-electron chi connectivity index (χ1n) is 19.7. The van der Waals surface area contributed by atoms with Crippen LogP contribution < -0.4 is 39.3 Å². The van der Waals surface area contributed by atoms with Crippen LogP contribution in [0, 0.1) is 18.3 Å². The van der Waals surface area contributed by atoms with Crippen molar-refractivity contribution in [1.29, 1.82) is 5.26 Å². The molecule has 7 aromatic carbocycles. The van der Waals surface area contributed by atoms with E-state index in [1.165, 1.54) is 11.5 Å². The molecule has 0 aliphatic heterocycles. The molecule has 0 fully saturated rings. The third kappa shape index (κ3) is 13.1. The van der Waals surface area contributed by atoms with Crippen LogP contribution in [0.25, 0.3) is 32.8 Å². The molecule has 0 saturated carbocycles. The number of rotatable bonds is 8. The van der Waals surface area contributed by atoms with E-state index in [-0.39, 0.29) is 0 Å². The third-order valence-corrected chi connectivity index (χ3v) is 13.2. The van der Waals surface area contributed by atoms with Crippen LogP contribution in [-0.4, -0.2) is 23.0 Å². The predicted octanol–water partition coefficient (Wildman–Crippen LogP) is 14.3. The van der Waals surface area contributed by atoms with Gasteiger partial charge in [-0.15, -0.1) is 37.9 Å². The maximum absolute atomic E-state index is 9.53. The average molecular weight is 1060 g/mol. The van der Waals surface area contributed by atoms with Crippen LogP contribution in [0.3, 0.4) is 0 Å². The normalized spacial score (nSPS) is 10.5. The summed E-state index contributed by atoms with van der Waals surface area (Å²) in [4.78, 5) is 9.06. The Balaban J connectivity index is 0.000000157. The smallest absolute Gasteiger partial charge is 0.156 e. The van der Waals surface area contributed by atoms with Gasteiger partial charge in [0.15, 0.2) is 11.6 Å². The molecule has 0 saturated heterocycles. The first-order chi connectivity index (χ1) is 32.6. The summed E-state index contributed by atoms with van der Waals surface area (Å²) in [6.45, 7) is 1.81. The predicted molar refractivity (Wildman–Crippen MR) is 299 cm³/mol.